The molecule has 0 aromatic carbocycles. The molecule has 1 fully saturated rings. The second kappa shape index (κ2) is 7.60. The van der Waals surface area contributed by atoms with Gasteiger partial charge in [0.15, 0.2) is 0 Å². The fraction of sp³-hybridized carbons (Fsp3) is 0.571. The number of aromatic nitrogens is 1. The zero-order valence-electron chi connectivity index (χ0n) is 12.5. The molecule has 23 heavy (non-hydrogen) atoms. The number of amides is 1. The van der Waals surface area contributed by atoms with Gasteiger partial charge in [0.2, 0.25) is 5.91 Å². The maximum absolute atomic E-state index is 13.2. The Morgan fingerprint density at radius 3 is 2.61 bits per heavy atom. The van der Waals surface area contributed by atoms with Gasteiger partial charge in [-0.1, -0.05) is 6.07 Å². The molecule has 1 saturated heterocycles. The number of hydrogen-bond donors (Lipinski definition) is 2. The number of carbonyl (C=O) groups excluding carboxylic acids is 1. The van der Waals surface area contributed by atoms with Crippen LogP contribution in [-0.4, -0.2) is 60.3 Å². The number of carbonyl (C=O) groups is 1. The van der Waals surface area contributed by atoms with Gasteiger partial charge in [-0.15, -0.1) is 0 Å². The van der Waals surface area contributed by atoms with Crippen LogP contribution in [0.1, 0.15) is 0 Å². The standard InChI is InChI=1S/C14H19F3N4O2/c15-14(16,17)11(20-7-4-18-5-8-20)9-19-12(22)10-21-6-2-1-3-13(21)23/h1-3,6,11,18H,4-5,7-10H2,(H,19,22). The minimum absolute atomic E-state index is 0.276. The summed E-state index contributed by atoms with van der Waals surface area (Å²) in [5.41, 5.74) is -0.378. The molecule has 0 radical (unpaired) electrons. The van der Waals surface area contributed by atoms with Gasteiger partial charge in [-0.3, -0.25) is 14.5 Å². The molecule has 1 aromatic rings. The molecule has 1 unspecified atom stereocenters. The van der Waals surface area contributed by atoms with E-state index in [0.717, 1.165) is 4.57 Å². The predicted molar refractivity (Wildman–Crippen MR) is 78.0 cm³/mol. The van der Waals surface area contributed by atoms with Crippen LogP contribution in [0.4, 0.5) is 13.2 Å². The number of pyridine rings is 1. The SMILES string of the molecule is O=C(Cn1ccccc1=O)NCC(N1CCNCC1)C(F)(F)F. The van der Waals surface area contributed by atoms with Gasteiger partial charge in [0.1, 0.15) is 12.6 Å². The fourth-order valence-electron chi connectivity index (χ4n) is 2.46. The lowest BCUT2D eigenvalue weighted by Gasteiger charge is -2.35. The first-order valence-electron chi connectivity index (χ1n) is 7.31. The monoisotopic (exact) mass is 332 g/mol. The average molecular weight is 332 g/mol. The van der Waals surface area contributed by atoms with Crippen molar-refractivity contribution >= 4 is 5.91 Å². The largest absolute Gasteiger partial charge is 0.405 e. The second-order valence-corrected chi connectivity index (χ2v) is 5.31. The Morgan fingerprint density at radius 1 is 1.30 bits per heavy atom. The maximum atomic E-state index is 13.2. The zero-order valence-corrected chi connectivity index (χ0v) is 12.5. The van der Waals surface area contributed by atoms with E-state index in [1.165, 1.54) is 23.2 Å². The van der Waals surface area contributed by atoms with E-state index in [1.54, 1.807) is 6.07 Å². The van der Waals surface area contributed by atoms with Crippen molar-refractivity contribution in [2.24, 2.45) is 0 Å². The highest BCUT2D eigenvalue weighted by Gasteiger charge is 2.43. The lowest BCUT2D eigenvalue weighted by Crippen LogP contribution is -2.57. The molecule has 1 aliphatic heterocycles. The first-order valence-corrected chi connectivity index (χ1v) is 7.31. The molecular weight excluding hydrogens is 313 g/mol. The molecule has 0 aliphatic carbocycles. The summed E-state index contributed by atoms with van der Waals surface area (Å²) < 4.78 is 40.7. The summed E-state index contributed by atoms with van der Waals surface area (Å²) in [7, 11) is 0. The molecule has 9 heteroatoms. The summed E-state index contributed by atoms with van der Waals surface area (Å²) in [4.78, 5) is 24.6. The zero-order chi connectivity index (χ0) is 16.9. The lowest BCUT2D eigenvalue weighted by atomic mass is 10.2. The first kappa shape index (κ1) is 17.5. The summed E-state index contributed by atoms with van der Waals surface area (Å²) in [6.45, 7) is 0.700. The van der Waals surface area contributed by atoms with Crippen LogP contribution in [-0.2, 0) is 11.3 Å². The summed E-state index contributed by atoms with van der Waals surface area (Å²) in [6.07, 6.45) is -3.01. The van der Waals surface area contributed by atoms with Gasteiger partial charge < -0.3 is 15.2 Å². The van der Waals surface area contributed by atoms with Crippen LogP contribution >= 0.6 is 0 Å². The minimum atomic E-state index is -4.42. The number of nitrogens with zero attached hydrogens (tertiary/aromatic N) is 2. The van der Waals surface area contributed by atoms with Gasteiger partial charge in [0.05, 0.1) is 0 Å². The van der Waals surface area contributed by atoms with Crippen LogP contribution in [0.15, 0.2) is 29.2 Å². The van der Waals surface area contributed by atoms with Crippen molar-refractivity contribution in [1.29, 1.82) is 0 Å². The summed E-state index contributed by atoms with van der Waals surface area (Å²) >= 11 is 0. The van der Waals surface area contributed by atoms with Gasteiger partial charge >= 0.3 is 6.18 Å². The number of piperazine rings is 1. The molecule has 1 aliphatic rings. The Balaban J connectivity index is 1.94. The number of alkyl halides is 3. The average Bonchev–Trinajstić information content (AvgIpc) is 2.49. The van der Waals surface area contributed by atoms with Crippen LogP contribution in [0.2, 0.25) is 0 Å². The number of hydrogen-bond acceptors (Lipinski definition) is 4. The molecule has 2 heterocycles. The molecule has 1 amide bonds. The molecule has 0 saturated carbocycles. The Kier molecular flexibility index (Phi) is 5.78. The quantitative estimate of drug-likeness (QED) is 0.784. The van der Waals surface area contributed by atoms with E-state index in [0.29, 0.717) is 13.1 Å². The second-order valence-electron chi connectivity index (χ2n) is 5.31. The van der Waals surface area contributed by atoms with Crippen LogP contribution in [0.5, 0.6) is 0 Å². The Bertz CT molecular complexity index is 582. The van der Waals surface area contributed by atoms with Gasteiger partial charge in [0.25, 0.3) is 5.56 Å². The number of halogens is 3. The smallest absolute Gasteiger partial charge is 0.353 e. The third kappa shape index (κ3) is 5.07. The highest BCUT2D eigenvalue weighted by Crippen LogP contribution is 2.24. The van der Waals surface area contributed by atoms with Crippen molar-refractivity contribution in [3.63, 3.8) is 0 Å². The van der Waals surface area contributed by atoms with E-state index in [2.05, 4.69) is 10.6 Å². The topological polar surface area (TPSA) is 66.4 Å². The van der Waals surface area contributed by atoms with E-state index in [4.69, 9.17) is 0 Å². The van der Waals surface area contributed by atoms with Crippen molar-refractivity contribution in [2.75, 3.05) is 32.7 Å². The van der Waals surface area contributed by atoms with E-state index in [9.17, 15) is 22.8 Å². The Morgan fingerprint density at radius 2 is 2.00 bits per heavy atom. The molecule has 1 atom stereocenters. The van der Waals surface area contributed by atoms with Gasteiger partial charge in [-0.25, -0.2) is 0 Å². The van der Waals surface area contributed by atoms with Crippen LogP contribution in [0, 0.1) is 0 Å². The molecule has 2 N–H and O–H groups in total. The van der Waals surface area contributed by atoms with Gasteiger partial charge in [-0.2, -0.15) is 13.2 Å². The fourth-order valence-corrected chi connectivity index (χ4v) is 2.46. The van der Waals surface area contributed by atoms with Crippen LogP contribution < -0.4 is 16.2 Å². The molecule has 0 bridgehead atoms. The normalized spacial score (nSPS) is 17.7. The van der Waals surface area contributed by atoms with E-state index < -0.39 is 24.7 Å². The highest BCUT2D eigenvalue weighted by molar-refractivity contribution is 5.75. The highest BCUT2D eigenvalue weighted by atomic mass is 19.4. The van der Waals surface area contributed by atoms with Crippen LogP contribution in [0.25, 0.3) is 0 Å². The summed E-state index contributed by atoms with van der Waals surface area (Å²) in [6, 6.07) is 2.67. The third-order valence-electron chi connectivity index (χ3n) is 3.68. The van der Waals surface area contributed by atoms with Crippen molar-refractivity contribution < 1.29 is 18.0 Å². The molecule has 128 valence electrons. The number of rotatable bonds is 5. The Labute approximate surface area is 131 Å². The molecular formula is C14H19F3N4O2. The maximum Gasteiger partial charge on any atom is 0.405 e. The molecule has 0 spiro atoms. The summed E-state index contributed by atoms with van der Waals surface area (Å²) in [5, 5.41) is 5.27. The van der Waals surface area contributed by atoms with E-state index >= 15 is 0 Å². The predicted octanol–water partition coefficient (Wildman–Crippen LogP) is -0.199. The molecule has 2 rings (SSSR count). The molecule has 6 nitrogen and oxygen atoms in total. The number of nitrogens with one attached hydrogen (secondary N) is 2. The van der Waals surface area contributed by atoms with Crippen molar-refractivity contribution in [3.05, 3.63) is 34.7 Å². The first-order chi connectivity index (χ1) is 10.9. The van der Waals surface area contributed by atoms with Crippen LogP contribution in [0.3, 0.4) is 0 Å². The van der Waals surface area contributed by atoms with Gasteiger partial charge in [-0.05, 0) is 6.07 Å². The summed E-state index contributed by atoms with van der Waals surface area (Å²) in [5.74, 6) is -0.623. The Hall–Kier alpha value is -1.87. The minimum Gasteiger partial charge on any atom is -0.353 e. The van der Waals surface area contributed by atoms with Crippen molar-refractivity contribution in [1.82, 2.24) is 20.1 Å². The molecule has 1 aromatic heterocycles. The van der Waals surface area contributed by atoms with Gasteiger partial charge in [0, 0.05) is 45.0 Å². The third-order valence-corrected chi connectivity index (χ3v) is 3.68. The van der Waals surface area contributed by atoms with Crippen molar-refractivity contribution in [3.8, 4) is 0 Å². The van der Waals surface area contributed by atoms with E-state index in [1.807, 2.05) is 0 Å². The lowest BCUT2D eigenvalue weighted by molar-refractivity contribution is -0.184. The van der Waals surface area contributed by atoms with E-state index in [-0.39, 0.29) is 25.2 Å². The van der Waals surface area contributed by atoms with Crippen molar-refractivity contribution in [2.45, 2.75) is 18.8 Å².